The highest BCUT2D eigenvalue weighted by molar-refractivity contribution is 7.93. The number of carbonyl (C=O) groups excluding carboxylic acids is 1. The Bertz CT molecular complexity index is 594. The molecule has 1 unspecified atom stereocenters. The average Bonchev–Trinajstić information content (AvgIpc) is 2.30. The molecule has 0 saturated carbocycles. The molecule has 0 saturated heterocycles. The Kier molecular flexibility index (Phi) is 4.66. The fourth-order valence-electron chi connectivity index (χ4n) is 1.36. The number of aryl methyl sites for hydroxylation is 1. The number of carbonyl (C=O) groups is 2. The van der Waals surface area contributed by atoms with E-state index < -0.39 is 32.7 Å². The van der Waals surface area contributed by atoms with E-state index in [1.54, 1.807) is 31.2 Å². The largest absolute Gasteiger partial charge is 0.480 e. The van der Waals surface area contributed by atoms with Crippen molar-refractivity contribution in [3.8, 4) is 0 Å². The van der Waals surface area contributed by atoms with E-state index >= 15 is 0 Å². The summed E-state index contributed by atoms with van der Waals surface area (Å²) in [6.45, 7) is 2.81. The maximum Gasteiger partial charge on any atom is 0.321 e. The van der Waals surface area contributed by atoms with Crippen LogP contribution >= 0.6 is 0 Å². The van der Waals surface area contributed by atoms with Gasteiger partial charge in [0.05, 0.1) is 0 Å². The van der Waals surface area contributed by atoms with Crippen LogP contribution in [0.3, 0.4) is 0 Å². The van der Waals surface area contributed by atoms with Gasteiger partial charge in [-0.25, -0.2) is 8.42 Å². The predicted molar refractivity (Wildman–Crippen MR) is 70.7 cm³/mol. The van der Waals surface area contributed by atoms with Crippen LogP contribution in [0.5, 0.6) is 0 Å². The third kappa shape index (κ3) is 4.06. The molecule has 1 atom stereocenters. The summed E-state index contributed by atoms with van der Waals surface area (Å²) in [5.74, 6) is -3.07. The van der Waals surface area contributed by atoms with E-state index in [4.69, 9.17) is 5.11 Å². The SMILES string of the molecule is Cc1ccccc1NC(=O)CS(=O)(=O)C(C)C(=O)O. The molecule has 0 fully saturated rings. The van der Waals surface area contributed by atoms with Crippen LogP contribution < -0.4 is 5.32 Å². The Hall–Kier alpha value is -1.89. The number of para-hydroxylation sites is 1. The Balaban J connectivity index is 2.77. The van der Waals surface area contributed by atoms with E-state index in [2.05, 4.69) is 5.32 Å². The number of sulfone groups is 1. The molecule has 0 aliphatic rings. The molecule has 6 nitrogen and oxygen atoms in total. The normalized spacial score (nSPS) is 12.7. The number of aliphatic carboxylic acids is 1. The second-order valence-electron chi connectivity index (χ2n) is 4.15. The summed E-state index contributed by atoms with van der Waals surface area (Å²) >= 11 is 0. The molecule has 0 heterocycles. The third-order valence-electron chi connectivity index (χ3n) is 2.64. The second kappa shape index (κ2) is 5.83. The zero-order valence-electron chi connectivity index (χ0n) is 10.6. The first kappa shape index (κ1) is 15.2. The van der Waals surface area contributed by atoms with Gasteiger partial charge in [-0.3, -0.25) is 9.59 Å². The minimum absolute atomic E-state index is 0.505. The number of carboxylic acids is 1. The highest BCUT2D eigenvalue weighted by Crippen LogP contribution is 2.13. The molecule has 1 rings (SSSR count). The number of anilines is 1. The van der Waals surface area contributed by atoms with Gasteiger partial charge < -0.3 is 10.4 Å². The third-order valence-corrected chi connectivity index (χ3v) is 4.58. The van der Waals surface area contributed by atoms with Gasteiger partial charge in [0.25, 0.3) is 0 Å². The molecule has 104 valence electrons. The fourth-order valence-corrected chi connectivity index (χ4v) is 2.36. The first-order valence-electron chi connectivity index (χ1n) is 5.54. The van der Waals surface area contributed by atoms with Gasteiger partial charge in [0, 0.05) is 5.69 Å². The molecule has 1 amide bonds. The van der Waals surface area contributed by atoms with Gasteiger partial charge >= 0.3 is 5.97 Å². The molecule has 19 heavy (non-hydrogen) atoms. The van der Waals surface area contributed by atoms with Gasteiger partial charge in [0.15, 0.2) is 15.1 Å². The Morgan fingerprint density at radius 3 is 2.42 bits per heavy atom. The molecule has 0 aliphatic carbocycles. The standard InChI is InChI=1S/C12H15NO5S/c1-8-5-3-4-6-10(8)13-11(14)7-19(17,18)9(2)12(15)16/h3-6,9H,7H2,1-2H3,(H,13,14)(H,15,16). The lowest BCUT2D eigenvalue weighted by atomic mass is 10.2. The van der Waals surface area contributed by atoms with E-state index in [1.165, 1.54) is 0 Å². The first-order chi connectivity index (χ1) is 8.74. The summed E-state index contributed by atoms with van der Waals surface area (Å²) in [4.78, 5) is 22.3. The summed E-state index contributed by atoms with van der Waals surface area (Å²) in [5.41, 5.74) is 1.30. The highest BCUT2D eigenvalue weighted by Gasteiger charge is 2.30. The Morgan fingerprint density at radius 1 is 1.32 bits per heavy atom. The second-order valence-corrected chi connectivity index (χ2v) is 6.47. The van der Waals surface area contributed by atoms with Crippen molar-refractivity contribution in [1.82, 2.24) is 0 Å². The van der Waals surface area contributed by atoms with Crippen LogP contribution in [0.1, 0.15) is 12.5 Å². The molecular formula is C12H15NO5S. The number of rotatable bonds is 5. The van der Waals surface area contributed by atoms with Crippen LogP contribution in [-0.4, -0.2) is 36.4 Å². The maximum absolute atomic E-state index is 11.6. The summed E-state index contributed by atoms with van der Waals surface area (Å²) in [5, 5.41) is 9.50. The van der Waals surface area contributed by atoms with Gasteiger partial charge in [0.2, 0.25) is 5.91 Å². The molecule has 2 N–H and O–H groups in total. The number of hydrogen-bond acceptors (Lipinski definition) is 4. The highest BCUT2D eigenvalue weighted by atomic mass is 32.2. The number of nitrogens with one attached hydrogen (secondary N) is 1. The molecule has 0 aromatic heterocycles. The van der Waals surface area contributed by atoms with Crippen LogP contribution in [0.2, 0.25) is 0 Å². The topological polar surface area (TPSA) is 101 Å². The number of hydrogen-bond donors (Lipinski definition) is 2. The molecule has 0 spiro atoms. The lowest BCUT2D eigenvalue weighted by Gasteiger charge is -2.10. The zero-order valence-corrected chi connectivity index (χ0v) is 11.4. The van der Waals surface area contributed by atoms with Crippen molar-refractivity contribution in [3.63, 3.8) is 0 Å². The lowest BCUT2D eigenvalue weighted by molar-refractivity contribution is -0.136. The minimum atomic E-state index is -4.00. The van der Waals surface area contributed by atoms with E-state index in [-0.39, 0.29) is 0 Å². The molecule has 0 bridgehead atoms. The van der Waals surface area contributed by atoms with Gasteiger partial charge in [0.1, 0.15) is 5.75 Å². The molecule has 0 aliphatic heterocycles. The smallest absolute Gasteiger partial charge is 0.321 e. The minimum Gasteiger partial charge on any atom is -0.480 e. The van der Waals surface area contributed by atoms with Gasteiger partial charge in [-0.1, -0.05) is 18.2 Å². The molecule has 1 aromatic rings. The number of benzene rings is 1. The molecule has 7 heteroatoms. The fraction of sp³-hybridized carbons (Fsp3) is 0.333. The zero-order chi connectivity index (χ0) is 14.6. The van der Waals surface area contributed by atoms with Crippen LogP contribution in [0.4, 0.5) is 5.69 Å². The van der Waals surface area contributed by atoms with Gasteiger partial charge in [-0.2, -0.15) is 0 Å². The van der Waals surface area contributed by atoms with Gasteiger partial charge in [-0.05, 0) is 25.5 Å². The van der Waals surface area contributed by atoms with Crippen molar-refractivity contribution >= 4 is 27.4 Å². The first-order valence-corrected chi connectivity index (χ1v) is 7.25. The monoisotopic (exact) mass is 285 g/mol. The summed E-state index contributed by atoms with van der Waals surface area (Å²) < 4.78 is 23.2. The van der Waals surface area contributed by atoms with Crippen molar-refractivity contribution in [2.75, 3.05) is 11.1 Å². The maximum atomic E-state index is 11.6. The van der Waals surface area contributed by atoms with Crippen molar-refractivity contribution in [2.45, 2.75) is 19.1 Å². The van der Waals surface area contributed by atoms with E-state index in [9.17, 15) is 18.0 Å². The summed E-state index contributed by atoms with van der Waals surface area (Å²) in [6, 6.07) is 6.90. The van der Waals surface area contributed by atoms with E-state index in [1.807, 2.05) is 0 Å². The van der Waals surface area contributed by atoms with Crippen molar-refractivity contribution in [2.24, 2.45) is 0 Å². The van der Waals surface area contributed by atoms with Gasteiger partial charge in [-0.15, -0.1) is 0 Å². The molecule has 1 aromatic carbocycles. The van der Waals surface area contributed by atoms with Crippen molar-refractivity contribution in [1.29, 1.82) is 0 Å². The predicted octanol–water partition coefficient (Wildman–Crippen LogP) is 0.821. The lowest BCUT2D eigenvalue weighted by Crippen LogP contribution is -2.34. The number of carboxylic acid groups (broad SMARTS) is 1. The Morgan fingerprint density at radius 2 is 1.89 bits per heavy atom. The van der Waals surface area contributed by atoms with Crippen LogP contribution in [0.15, 0.2) is 24.3 Å². The van der Waals surface area contributed by atoms with E-state index in [0.717, 1.165) is 12.5 Å². The van der Waals surface area contributed by atoms with E-state index in [0.29, 0.717) is 5.69 Å². The number of amides is 1. The van der Waals surface area contributed by atoms with Crippen LogP contribution in [0.25, 0.3) is 0 Å². The van der Waals surface area contributed by atoms with Crippen molar-refractivity contribution < 1.29 is 23.1 Å². The Labute approximate surface area is 111 Å². The quantitative estimate of drug-likeness (QED) is 0.834. The molecular weight excluding hydrogens is 270 g/mol. The van der Waals surface area contributed by atoms with Crippen LogP contribution in [-0.2, 0) is 19.4 Å². The molecule has 0 radical (unpaired) electrons. The van der Waals surface area contributed by atoms with Crippen LogP contribution in [0, 0.1) is 6.92 Å². The summed E-state index contributed by atoms with van der Waals surface area (Å²) in [6.07, 6.45) is 0. The average molecular weight is 285 g/mol. The van der Waals surface area contributed by atoms with Crippen molar-refractivity contribution in [3.05, 3.63) is 29.8 Å². The summed E-state index contributed by atoms with van der Waals surface area (Å²) in [7, 11) is -4.00.